The second-order valence-electron chi connectivity index (χ2n) is 4.71. The van der Waals surface area contributed by atoms with Crippen molar-refractivity contribution in [3.63, 3.8) is 0 Å². The van der Waals surface area contributed by atoms with E-state index in [1.807, 2.05) is 6.07 Å². The van der Waals surface area contributed by atoms with Gasteiger partial charge in [-0.05, 0) is 48.9 Å². The summed E-state index contributed by atoms with van der Waals surface area (Å²) >= 11 is 5.66. The van der Waals surface area contributed by atoms with Gasteiger partial charge in [0.2, 0.25) is 0 Å². The van der Waals surface area contributed by atoms with Crippen molar-refractivity contribution in [3.8, 4) is 0 Å². The van der Waals surface area contributed by atoms with Gasteiger partial charge in [0.15, 0.2) is 0 Å². The first kappa shape index (κ1) is 11.9. The molecule has 0 heterocycles. The molecule has 0 radical (unpaired) electrons. The molecule has 1 N–H and O–H groups in total. The van der Waals surface area contributed by atoms with Crippen molar-refractivity contribution in [2.24, 2.45) is 5.41 Å². The molecule has 0 bridgehead atoms. The minimum absolute atomic E-state index is 0.209. The van der Waals surface area contributed by atoms with Crippen LogP contribution in [0.4, 0.5) is 4.39 Å². The third-order valence-corrected chi connectivity index (χ3v) is 3.58. The highest BCUT2D eigenvalue weighted by molar-refractivity contribution is 6.30. The van der Waals surface area contributed by atoms with Gasteiger partial charge in [-0.3, -0.25) is 0 Å². The molecule has 3 heteroatoms. The number of halogens is 2. The second kappa shape index (κ2) is 4.72. The van der Waals surface area contributed by atoms with Gasteiger partial charge in [0, 0.05) is 6.54 Å². The maximum Gasteiger partial charge on any atom is 0.142 e. The van der Waals surface area contributed by atoms with Gasteiger partial charge in [0.05, 0.1) is 5.02 Å². The lowest BCUT2D eigenvalue weighted by Crippen LogP contribution is -2.25. The van der Waals surface area contributed by atoms with Crippen LogP contribution in [0.25, 0.3) is 0 Å². The Hall–Kier alpha value is -0.600. The minimum atomic E-state index is -0.307. The number of nitrogens with one attached hydrogen (secondary N) is 1. The third kappa shape index (κ3) is 2.74. The van der Waals surface area contributed by atoms with E-state index in [0.717, 1.165) is 25.1 Å². The average Bonchev–Trinajstić information content (AvgIpc) is 3.01. The van der Waals surface area contributed by atoms with Crippen LogP contribution in [-0.4, -0.2) is 13.1 Å². The van der Waals surface area contributed by atoms with Crippen LogP contribution in [0, 0.1) is 11.2 Å². The van der Waals surface area contributed by atoms with Crippen LogP contribution in [0.5, 0.6) is 0 Å². The molecule has 0 unspecified atom stereocenters. The van der Waals surface area contributed by atoms with Gasteiger partial charge < -0.3 is 5.32 Å². The smallest absolute Gasteiger partial charge is 0.142 e. The Bertz CT molecular complexity index is 374. The zero-order chi connectivity index (χ0) is 11.6. The molecule has 1 fully saturated rings. The van der Waals surface area contributed by atoms with Crippen molar-refractivity contribution in [2.45, 2.75) is 26.2 Å². The highest BCUT2D eigenvalue weighted by Gasteiger charge is 2.41. The van der Waals surface area contributed by atoms with Crippen LogP contribution in [0.1, 0.15) is 25.3 Å². The van der Waals surface area contributed by atoms with Gasteiger partial charge in [-0.1, -0.05) is 24.6 Å². The summed E-state index contributed by atoms with van der Waals surface area (Å²) < 4.78 is 13.3. The summed E-state index contributed by atoms with van der Waals surface area (Å²) in [5.74, 6) is -0.307. The Balaban J connectivity index is 2.01. The molecule has 0 aliphatic heterocycles. The summed E-state index contributed by atoms with van der Waals surface area (Å²) in [6.45, 7) is 4.14. The highest BCUT2D eigenvalue weighted by atomic mass is 35.5. The fourth-order valence-corrected chi connectivity index (χ4v) is 2.18. The lowest BCUT2D eigenvalue weighted by atomic mass is 9.96. The molecule has 0 atom stereocenters. The van der Waals surface area contributed by atoms with Gasteiger partial charge in [-0.25, -0.2) is 4.39 Å². The van der Waals surface area contributed by atoms with Crippen LogP contribution in [0.2, 0.25) is 5.02 Å². The molecular formula is C13H17ClFN. The predicted molar refractivity (Wildman–Crippen MR) is 65.3 cm³/mol. The summed E-state index contributed by atoms with van der Waals surface area (Å²) in [5, 5.41) is 3.59. The normalized spacial score (nSPS) is 17.4. The molecular weight excluding hydrogens is 225 g/mol. The second-order valence-corrected chi connectivity index (χ2v) is 5.11. The van der Waals surface area contributed by atoms with E-state index in [2.05, 4.69) is 12.2 Å². The van der Waals surface area contributed by atoms with Gasteiger partial charge >= 0.3 is 0 Å². The van der Waals surface area contributed by atoms with E-state index in [0.29, 0.717) is 5.41 Å². The highest BCUT2D eigenvalue weighted by Crippen LogP contribution is 2.47. The number of hydrogen-bond donors (Lipinski definition) is 1. The topological polar surface area (TPSA) is 12.0 Å². The van der Waals surface area contributed by atoms with Gasteiger partial charge in [-0.2, -0.15) is 0 Å². The van der Waals surface area contributed by atoms with E-state index in [9.17, 15) is 4.39 Å². The van der Waals surface area contributed by atoms with E-state index >= 15 is 0 Å². The zero-order valence-electron chi connectivity index (χ0n) is 9.52. The van der Waals surface area contributed by atoms with E-state index in [1.54, 1.807) is 12.1 Å². The first-order chi connectivity index (χ1) is 7.65. The molecule has 1 aliphatic rings. The largest absolute Gasteiger partial charge is 0.316 e. The van der Waals surface area contributed by atoms with Crippen LogP contribution in [-0.2, 0) is 6.42 Å². The fraction of sp³-hybridized carbons (Fsp3) is 0.538. The molecule has 1 aliphatic carbocycles. The quantitative estimate of drug-likeness (QED) is 0.833. The maximum atomic E-state index is 13.3. The van der Waals surface area contributed by atoms with E-state index in [-0.39, 0.29) is 10.8 Å². The molecule has 0 saturated heterocycles. The first-order valence-corrected chi connectivity index (χ1v) is 6.18. The number of rotatable bonds is 5. The Labute approximate surface area is 101 Å². The third-order valence-electron chi connectivity index (χ3n) is 3.27. The predicted octanol–water partition coefficient (Wildman–Crippen LogP) is 3.41. The molecule has 1 nitrogen and oxygen atoms in total. The Morgan fingerprint density at radius 3 is 2.75 bits per heavy atom. The molecule has 1 aromatic rings. The first-order valence-electron chi connectivity index (χ1n) is 5.80. The Morgan fingerprint density at radius 1 is 1.44 bits per heavy atom. The van der Waals surface area contributed by atoms with Gasteiger partial charge in [-0.15, -0.1) is 0 Å². The maximum absolute atomic E-state index is 13.3. The van der Waals surface area contributed by atoms with Crippen molar-refractivity contribution < 1.29 is 4.39 Å². The molecule has 1 aromatic carbocycles. The van der Waals surface area contributed by atoms with Gasteiger partial charge in [0.25, 0.3) is 0 Å². The molecule has 0 aromatic heterocycles. The van der Waals surface area contributed by atoms with Crippen LogP contribution in [0.15, 0.2) is 18.2 Å². The lowest BCUT2D eigenvalue weighted by molar-refractivity contribution is 0.462. The molecule has 16 heavy (non-hydrogen) atoms. The molecule has 0 amide bonds. The summed E-state index contributed by atoms with van der Waals surface area (Å²) in [7, 11) is 0. The summed E-state index contributed by atoms with van der Waals surface area (Å²) in [4.78, 5) is 0. The summed E-state index contributed by atoms with van der Waals surface area (Å²) in [5.41, 5.74) is 1.42. The van der Waals surface area contributed by atoms with Crippen LogP contribution < -0.4 is 5.32 Å². The van der Waals surface area contributed by atoms with Crippen LogP contribution in [0.3, 0.4) is 0 Å². The summed E-state index contributed by atoms with van der Waals surface area (Å²) in [6, 6.07) is 5.14. The standard InChI is InChI=1S/C13H17ClFN/c1-2-16-9-13(5-6-13)8-10-3-4-11(14)12(15)7-10/h3-4,7,16H,2,5-6,8-9H2,1H3. The van der Waals surface area contributed by atoms with E-state index < -0.39 is 0 Å². The summed E-state index contributed by atoms with van der Waals surface area (Å²) in [6.07, 6.45) is 3.43. The van der Waals surface area contributed by atoms with Crippen molar-refractivity contribution in [1.29, 1.82) is 0 Å². The van der Waals surface area contributed by atoms with Crippen molar-refractivity contribution in [1.82, 2.24) is 5.32 Å². The van der Waals surface area contributed by atoms with Crippen molar-refractivity contribution in [2.75, 3.05) is 13.1 Å². The molecule has 0 spiro atoms. The minimum Gasteiger partial charge on any atom is -0.316 e. The zero-order valence-corrected chi connectivity index (χ0v) is 10.3. The molecule has 2 rings (SSSR count). The van der Waals surface area contributed by atoms with E-state index in [1.165, 1.54) is 12.8 Å². The van der Waals surface area contributed by atoms with Crippen molar-refractivity contribution in [3.05, 3.63) is 34.6 Å². The van der Waals surface area contributed by atoms with Crippen molar-refractivity contribution >= 4 is 11.6 Å². The number of hydrogen-bond acceptors (Lipinski definition) is 1. The monoisotopic (exact) mass is 241 g/mol. The molecule has 88 valence electrons. The number of benzene rings is 1. The van der Waals surface area contributed by atoms with Crippen LogP contribution >= 0.6 is 11.6 Å². The Morgan fingerprint density at radius 2 is 2.19 bits per heavy atom. The van der Waals surface area contributed by atoms with Gasteiger partial charge in [0.1, 0.15) is 5.82 Å². The average molecular weight is 242 g/mol. The molecule has 1 saturated carbocycles. The fourth-order valence-electron chi connectivity index (χ4n) is 2.07. The SMILES string of the molecule is CCNCC1(Cc2ccc(Cl)c(F)c2)CC1. The lowest BCUT2D eigenvalue weighted by Gasteiger charge is -2.15. The Kier molecular flexibility index (Phi) is 3.50. The van der Waals surface area contributed by atoms with E-state index in [4.69, 9.17) is 11.6 Å².